The van der Waals surface area contributed by atoms with Crippen molar-refractivity contribution in [2.24, 2.45) is 0 Å². The number of hydrogen-bond acceptors (Lipinski definition) is 5. The zero-order valence-corrected chi connectivity index (χ0v) is 12.2. The van der Waals surface area contributed by atoms with Crippen LogP contribution >= 0.6 is 0 Å². The smallest absolute Gasteiger partial charge is 0.173 e. The Bertz CT molecular complexity index is 540. The molecule has 108 valence electrons. The number of ether oxygens (including phenoxy) is 1. The van der Waals surface area contributed by atoms with E-state index in [-0.39, 0.29) is 6.04 Å². The fourth-order valence-electron chi connectivity index (χ4n) is 2.12. The van der Waals surface area contributed by atoms with E-state index in [1.165, 1.54) is 5.56 Å². The lowest BCUT2D eigenvalue weighted by atomic mass is 10.1. The van der Waals surface area contributed by atoms with Crippen molar-refractivity contribution >= 4 is 0 Å². The third-order valence-corrected chi connectivity index (χ3v) is 3.24. The van der Waals surface area contributed by atoms with E-state index in [1.807, 2.05) is 29.8 Å². The van der Waals surface area contributed by atoms with Crippen LogP contribution < -0.4 is 5.32 Å². The third kappa shape index (κ3) is 3.20. The van der Waals surface area contributed by atoms with Crippen LogP contribution in [-0.2, 0) is 11.2 Å². The molecule has 1 heterocycles. The molecule has 0 saturated carbocycles. The van der Waals surface area contributed by atoms with Gasteiger partial charge in [-0.05, 0) is 35.4 Å². The number of aryl methyl sites for hydroxylation is 1. The van der Waals surface area contributed by atoms with Gasteiger partial charge < -0.3 is 10.1 Å². The summed E-state index contributed by atoms with van der Waals surface area (Å²) in [5, 5.41) is 15.4. The molecule has 0 aliphatic carbocycles. The van der Waals surface area contributed by atoms with Crippen LogP contribution in [0.1, 0.15) is 31.3 Å². The highest BCUT2D eigenvalue weighted by Crippen LogP contribution is 2.18. The van der Waals surface area contributed by atoms with E-state index in [1.54, 1.807) is 7.11 Å². The summed E-state index contributed by atoms with van der Waals surface area (Å²) in [6.07, 6.45) is 0.945. The van der Waals surface area contributed by atoms with Crippen molar-refractivity contribution in [1.29, 1.82) is 0 Å². The average molecular weight is 275 g/mol. The first kappa shape index (κ1) is 14.6. The lowest BCUT2D eigenvalue weighted by Gasteiger charge is -2.14. The topological polar surface area (TPSA) is 64.9 Å². The molecule has 2 aromatic rings. The molecule has 1 aromatic heterocycles. The molecule has 0 radical (unpaired) electrons. The average Bonchev–Trinajstić information content (AvgIpc) is 2.96. The summed E-state index contributed by atoms with van der Waals surface area (Å²) in [4.78, 5) is 0. The molecular formula is C14H21N5O. The van der Waals surface area contributed by atoms with Crippen LogP contribution in [0.4, 0.5) is 0 Å². The summed E-state index contributed by atoms with van der Waals surface area (Å²) in [7, 11) is 1.69. The molecule has 1 unspecified atom stereocenters. The van der Waals surface area contributed by atoms with Crippen LogP contribution in [0.3, 0.4) is 0 Å². The highest BCUT2D eigenvalue weighted by molar-refractivity contribution is 5.40. The number of aromatic nitrogens is 4. The van der Waals surface area contributed by atoms with Gasteiger partial charge in [0.15, 0.2) is 5.82 Å². The Labute approximate surface area is 119 Å². The van der Waals surface area contributed by atoms with Crippen LogP contribution in [0.5, 0.6) is 0 Å². The van der Waals surface area contributed by atoms with Crippen molar-refractivity contribution in [3.05, 3.63) is 35.7 Å². The number of nitrogens with zero attached hydrogens (tertiary/aromatic N) is 4. The number of tetrazole rings is 1. The van der Waals surface area contributed by atoms with Crippen molar-refractivity contribution in [2.75, 3.05) is 20.3 Å². The molecule has 0 bridgehead atoms. The molecule has 1 N–H and O–H groups in total. The fourth-order valence-corrected chi connectivity index (χ4v) is 2.12. The van der Waals surface area contributed by atoms with Crippen molar-refractivity contribution < 1.29 is 4.74 Å². The number of methoxy groups -OCH3 is 1. The van der Waals surface area contributed by atoms with Crippen LogP contribution in [0, 0.1) is 0 Å². The Kier molecular flexibility index (Phi) is 5.20. The SMILES string of the molecule is CCc1ccccc1-n1nnnc1C(C)NCCOC. The minimum Gasteiger partial charge on any atom is -0.383 e. The van der Waals surface area contributed by atoms with Crippen molar-refractivity contribution in [3.63, 3.8) is 0 Å². The van der Waals surface area contributed by atoms with Gasteiger partial charge in [0.25, 0.3) is 0 Å². The van der Waals surface area contributed by atoms with Crippen molar-refractivity contribution in [3.8, 4) is 5.69 Å². The first-order chi connectivity index (χ1) is 9.77. The lowest BCUT2D eigenvalue weighted by molar-refractivity contribution is 0.196. The van der Waals surface area contributed by atoms with E-state index in [9.17, 15) is 0 Å². The number of nitrogens with one attached hydrogen (secondary N) is 1. The van der Waals surface area contributed by atoms with Gasteiger partial charge in [-0.2, -0.15) is 4.68 Å². The lowest BCUT2D eigenvalue weighted by Crippen LogP contribution is -2.25. The first-order valence-electron chi connectivity index (χ1n) is 6.86. The molecule has 0 amide bonds. The quantitative estimate of drug-likeness (QED) is 0.776. The summed E-state index contributed by atoms with van der Waals surface area (Å²) >= 11 is 0. The Morgan fingerprint density at radius 1 is 1.35 bits per heavy atom. The molecule has 0 fully saturated rings. The van der Waals surface area contributed by atoms with Gasteiger partial charge in [0.2, 0.25) is 0 Å². The second-order valence-electron chi connectivity index (χ2n) is 4.60. The second-order valence-corrected chi connectivity index (χ2v) is 4.60. The molecule has 6 heteroatoms. The van der Waals surface area contributed by atoms with Gasteiger partial charge >= 0.3 is 0 Å². The molecule has 1 aromatic carbocycles. The molecule has 0 aliphatic heterocycles. The van der Waals surface area contributed by atoms with Crippen LogP contribution in [0.25, 0.3) is 5.69 Å². The monoisotopic (exact) mass is 275 g/mol. The molecule has 0 aliphatic rings. The van der Waals surface area contributed by atoms with Gasteiger partial charge in [-0.1, -0.05) is 25.1 Å². The van der Waals surface area contributed by atoms with Gasteiger partial charge in [-0.15, -0.1) is 5.10 Å². The van der Waals surface area contributed by atoms with E-state index in [4.69, 9.17) is 4.74 Å². The molecule has 1 atom stereocenters. The van der Waals surface area contributed by atoms with Gasteiger partial charge in [0, 0.05) is 13.7 Å². The van der Waals surface area contributed by atoms with Crippen molar-refractivity contribution in [1.82, 2.24) is 25.5 Å². The normalized spacial score (nSPS) is 12.6. The second kappa shape index (κ2) is 7.12. The van der Waals surface area contributed by atoms with Gasteiger partial charge in [0.05, 0.1) is 18.3 Å². The van der Waals surface area contributed by atoms with E-state index >= 15 is 0 Å². The van der Waals surface area contributed by atoms with Crippen LogP contribution in [0.15, 0.2) is 24.3 Å². The van der Waals surface area contributed by atoms with Crippen LogP contribution in [-0.4, -0.2) is 40.5 Å². The van der Waals surface area contributed by atoms with E-state index in [0.29, 0.717) is 6.61 Å². The van der Waals surface area contributed by atoms with Crippen molar-refractivity contribution in [2.45, 2.75) is 26.3 Å². The maximum Gasteiger partial charge on any atom is 0.173 e. The molecule has 0 saturated heterocycles. The predicted molar refractivity (Wildman–Crippen MR) is 76.8 cm³/mol. The van der Waals surface area contributed by atoms with Gasteiger partial charge in [-0.3, -0.25) is 0 Å². The van der Waals surface area contributed by atoms with E-state index in [0.717, 1.165) is 24.5 Å². The standard InChI is InChI=1S/C14H21N5O/c1-4-12-7-5-6-8-13(12)19-14(16-17-18-19)11(2)15-9-10-20-3/h5-8,11,15H,4,9-10H2,1-3H3. The minimum atomic E-state index is 0.0602. The number of para-hydroxylation sites is 1. The van der Waals surface area contributed by atoms with Gasteiger partial charge in [-0.25, -0.2) is 0 Å². The fraction of sp³-hybridized carbons (Fsp3) is 0.500. The molecule has 2 rings (SSSR count). The Morgan fingerprint density at radius 3 is 2.90 bits per heavy atom. The van der Waals surface area contributed by atoms with E-state index in [2.05, 4.69) is 33.8 Å². The molecule has 0 spiro atoms. The summed E-state index contributed by atoms with van der Waals surface area (Å²) in [5.74, 6) is 0.807. The predicted octanol–water partition coefficient (Wildman–Crippen LogP) is 1.52. The summed E-state index contributed by atoms with van der Waals surface area (Å²) in [5.41, 5.74) is 2.26. The van der Waals surface area contributed by atoms with Crippen LogP contribution in [0.2, 0.25) is 0 Å². The third-order valence-electron chi connectivity index (χ3n) is 3.24. The minimum absolute atomic E-state index is 0.0602. The highest BCUT2D eigenvalue weighted by atomic mass is 16.5. The summed E-state index contributed by atoms with van der Waals surface area (Å²) < 4.78 is 6.85. The number of benzene rings is 1. The Morgan fingerprint density at radius 2 is 2.15 bits per heavy atom. The largest absolute Gasteiger partial charge is 0.383 e. The Balaban J connectivity index is 2.23. The van der Waals surface area contributed by atoms with Gasteiger partial charge in [0.1, 0.15) is 0 Å². The highest BCUT2D eigenvalue weighted by Gasteiger charge is 2.16. The summed E-state index contributed by atoms with van der Waals surface area (Å²) in [6, 6.07) is 8.24. The maximum absolute atomic E-state index is 5.04. The number of rotatable bonds is 7. The molecule has 20 heavy (non-hydrogen) atoms. The number of hydrogen-bond donors (Lipinski definition) is 1. The molecule has 6 nitrogen and oxygen atoms in total. The zero-order chi connectivity index (χ0) is 14.4. The summed E-state index contributed by atoms with van der Waals surface area (Å²) in [6.45, 7) is 5.60. The van der Waals surface area contributed by atoms with E-state index < -0.39 is 0 Å². The molecular weight excluding hydrogens is 254 g/mol. The zero-order valence-electron chi connectivity index (χ0n) is 12.2. The first-order valence-corrected chi connectivity index (χ1v) is 6.86. The maximum atomic E-state index is 5.04. The Hall–Kier alpha value is -1.79.